The molecule has 0 radical (unpaired) electrons. The Kier molecular flexibility index (Phi) is 7.43. The van der Waals surface area contributed by atoms with E-state index < -0.39 is 0 Å². The zero-order valence-corrected chi connectivity index (χ0v) is 15.0. The van der Waals surface area contributed by atoms with Gasteiger partial charge in [0.15, 0.2) is 0 Å². The van der Waals surface area contributed by atoms with Crippen molar-refractivity contribution in [3.63, 3.8) is 0 Å². The van der Waals surface area contributed by atoms with Crippen LogP contribution in [0.5, 0.6) is 5.75 Å². The summed E-state index contributed by atoms with van der Waals surface area (Å²) in [5.74, 6) is 0.102. The van der Waals surface area contributed by atoms with E-state index in [0.29, 0.717) is 24.5 Å². The fourth-order valence-electron chi connectivity index (χ4n) is 2.22. The molecule has 0 aliphatic heterocycles. The second-order valence-corrected chi connectivity index (χ2v) is 5.51. The molecule has 0 unspecified atom stereocenters. The summed E-state index contributed by atoms with van der Waals surface area (Å²) in [6.07, 6.45) is 4.08. The summed E-state index contributed by atoms with van der Waals surface area (Å²) < 4.78 is 10.6. The van der Waals surface area contributed by atoms with Gasteiger partial charge in [-0.15, -0.1) is 0 Å². The predicted molar refractivity (Wildman–Crippen MR) is 102 cm³/mol. The molecule has 0 heterocycles. The van der Waals surface area contributed by atoms with Crippen molar-refractivity contribution in [1.82, 2.24) is 0 Å². The van der Waals surface area contributed by atoms with E-state index in [9.17, 15) is 9.59 Å². The standard InChI is InChI=1S/C21H23NO4/c1-3-15-26-19-8-6-5-7-16(19)11-14-20(23)22-18-12-9-17(10-13-18)21(24)25-4-2/h5-14H,3-4,15H2,1-2H3,(H,22,23)/b14-11+. The smallest absolute Gasteiger partial charge is 0.338 e. The highest BCUT2D eigenvalue weighted by Gasteiger charge is 2.06. The lowest BCUT2D eigenvalue weighted by molar-refractivity contribution is -0.111. The van der Waals surface area contributed by atoms with Crippen molar-refractivity contribution in [2.24, 2.45) is 0 Å². The molecule has 1 N–H and O–H groups in total. The van der Waals surface area contributed by atoms with Gasteiger partial charge in [0.25, 0.3) is 0 Å². The summed E-state index contributed by atoms with van der Waals surface area (Å²) in [5, 5.41) is 2.75. The third kappa shape index (κ3) is 5.77. The molecular weight excluding hydrogens is 330 g/mol. The molecule has 5 heteroatoms. The van der Waals surface area contributed by atoms with E-state index in [2.05, 4.69) is 5.32 Å². The minimum atomic E-state index is -0.381. The van der Waals surface area contributed by atoms with Crippen molar-refractivity contribution in [2.45, 2.75) is 20.3 Å². The van der Waals surface area contributed by atoms with Crippen molar-refractivity contribution in [3.8, 4) is 5.75 Å². The van der Waals surface area contributed by atoms with Crippen LogP contribution < -0.4 is 10.1 Å². The van der Waals surface area contributed by atoms with E-state index in [4.69, 9.17) is 9.47 Å². The van der Waals surface area contributed by atoms with Gasteiger partial charge in [-0.3, -0.25) is 4.79 Å². The number of para-hydroxylation sites is 1. The molecule has 0 fully saturated rings. The van der Waals surface area contributed by atoms with Crippen molar-refractivity contribution in [1.29, 1.82) is 0 Å². The van der Waals surface area contributed by atoms with Crippen LogP contribution in [0.2, 0.25) is 0 Å². The van der Waals surface area contributed by atoms with Crippen LogP contribution in [0.4, 0.5) is 5.69 Å². The topological polar surface area (TPSA) is 64.6 Å². The molecule has 0 saturated carbocycles. The number of carbonyl (C=O) groups is 2. The van der Waals surface area contributed by atoms with Crippen LogP contribution in [0.15, 0.2) is 54.6 Å². The molecule has 1 amide bonds. The van der Waals surface area contributed by atoms with Crippen LogP contribution in [0, 0.1) is 0 Å². The van der Waals surface area contributed by atoms with Crippen LogP contribution in [-0.2, 0) is 9.53 Å². The van der Waals surface area contributed by atoms with Crippen LogP contribution in [0.25, 0.3) is 6.08 Å². The maximum Gasteiger partial charge on any atom is 0.338 e. The maximum atomic E-state index is 12.1. The number of ether oxygens (including phenoxy) is 2. The summed E-state index contributed by atoms with van der Waals surface area (Å²) in [4.78, 5) is 23.7. The summed E-state index contributed by atoms with van der Waals surface area (Å²) in [6.45, 7) is 4.75. The number of rotatable bonds is 8. The van der Waals surface area contributed by atoms with Gasteiger partial charge < -0.3 is 14.8 Å². The van der Waals surface area contributed by atoms with Crippen LogP contribution in [0.3, 0.4) is 0 Å². The molecule has 0 bridgehead atoms. The summed E-state index contributed by atoms with van der Waals surface area (Å²) >= 11 is 0. The molecule has 2 rings (SSSR count). The van der Waals surface area contributed by atoms with E-state index in [-0.39, 0.29) is 11.9 Å². The van der Waals surface area contributed by atoms with Gasteiger partial charge in [0.2, 0.25) is 5.91 Å². The molecule has 26 heavy (non-hydrogen) atoms. The third-order valence-corrected chi connectivity index (χ3v) is 3.46. The Balaban J connectivity index is 1.98. The normalized spacial score (nSPS) is 10.5. The summed E-state index contributed by atoms with van der Waals surface area (Å²) in [6, 6.07) is 14.1. The average molecular weight is 353 g/mol. The Morgan fingerprint density at radius 1 is 1.04 bits per heavy atom. The van der Waals surface area contributed by atoms with E-state index in [1.807, 2.05) is 31.2 Å². The number of esters is 1. The molecule has 0 saturated heterocycles. The Morgan fingerprint density at radius 3 is 2.46 bits per heavy atom. The molecule has 0 aliphatic carbocycles. The van der Waals surface area contributed by atoms with Crippen molar-refractivity contribution in [2.75, 3.05) is 18.5 Å². The van der Waals surface area contributed by atoms with E-state index in [1.165, 1.54) is 6.08 Å². The molecule has 2 aromatic carbocycles. The lowest BCUT2D eigenvalue weighted by Crippen LogP contribution is -2.09. The first-order chi connectivity index (χ1) is 12.6. The number of nitrogens with one attached hydrogen (secondary N) is 1. The average Bonchev–Trinajstić information content (AvgIpc) is 2.66. The molecule has 2 aromatic rings. The second kappa shape index (κ2) is 10.0. The zero-order chi connectivity index (χ0) is 18.8. The zero-order valence-electron chi connectivity index (χ0n) is 15.0. The Labute approximate surface area is 153 Å². The van der Waals surface area contributed by atoms with E-state index in [0.717, 1.165) is 17.7 Å². The van der Waals surface area contributed by atoms with Crippen LogP contribution in [0.1, 0.15) is 36.2 Å². The highest BCUT2D eigenvalue weighted by Crippen LogP contribution is 2.20. The quantitative estimate of drug-likeness (QED) is 0.567. The molecule has 136 valence electrons. The Hall–Kier alpha value is -3.08. The number of benzene rings is 2. The monoisotopic (exact) mass is 353 g/mol. The molecule has 0 atom stereocenters. The summed E-state index contributed by atoms with van der Waals surface area (Å²) in [7, 11) is 0. The van der Waals surface area contributed by atoms with Crippen LogP contribution in [-0.4, -0.2) is 25.1 Å². The van der Waals surface area contributed by atoms with Crippen molar-refractivity contribution in [3.05, 3.63) is 65.7 Å². The number of carbonyl (C=O) groups excluding carboxylic acids is 2. The minimum absolute atomic E-state index is 0.265. The van der Waals surface area contributed by atoms with Gasteiger partial charge >= 0.3 is 5.97 Å². The van der Waals surface area contributed by atoms with Gasteiger partial charge in [0, 0.05) is 17.3 Å². The number of anilines is 1. The third-order valence-electron chi connectivity index (χ3n) is 3.46. The fraction of sp³-hybridized carbons (Fsp3) is 0.238. The highest BCUT2D eigenvalue weighted by molar-refractivity contribution is 6.02. The second-order valence-electron chi connectivity index (χ2n) is 5.51. The lowest BCUT2D eigenvalue weighted by Gasteiger charge is -2.08. The van der Waals surface area contributed by atoms with Crippen molar-refractivity contribution < 1.29 is 19.1 Å². The lowest BCUT2D eigenvalue weighted by atomic mass is 10.2. The van der Waals surface area contributed by atoms with E-state index in [1.54, 1.807) is 37.3 Å². The SMILES string of the molecule is CCCOc1ccccc1/C=C/C(=O)Nc1ccc(C(=O)OCC)cc1. The molecular formula is C21H23NO4. The largest absolute Gasteiger partial charge is 0.493 e. The number of hydrogen-bond donors (Lipinski definition) is 1. The minimum Gasteiger partial charge on any atom is -0.493 e. The Bertz CT molecular complexity index is 766. The Morgan fingerprint density at radius 2 is 1.77 bits per heavy atom. The molecule has 0 aromatic heterocycles. The van der Waals surface area contributed by atoms with Gasteiger partial charge in [-0.25, -0.2) is 4.79 Å². The number of amides is 1. The molecule has 5 nitrogen and oxygen atoms in total. The maximum absolute atomic E-state index is 12.1. The predicted octanol–water partition coefficient (Wildman–Crippen LogP) is 4.30. The molecule has 0 aliphatic rings. The van der Waals surface area contributed by atoms with E-state index >= 15 is 0 Å². The molecule has 0 spiro atoms. The van der Waals surface area contributed by atoms with Gasteiger partial charge in [-0.2, -0.15) is 0 Å². The van der Waals surface area contributed by atoms with Gasteiger partial charge in [-0.1, -0.05) is 25.1 Å². The highest BCUT2D eigenvalue weighted by atomic mass is 16.5. The first kappa shape index (κ1) is 19.2. The van der Waals surface area contributed by atoms with Gasteiger partial charge in [0.1, 0.15) is 5.75 Å². The van der Waals surface area contributed by atoms with Crippen LogP contribution >= 0.6 is 0 Å². The van der Waals surface area contributed by atoms with Crippen molar-refractivity contribution >= 4 is 23.6 Å². The number of hydrogen-bond acceptors (Lipinski definition) is 4. The first-order valence-electron chi connectivity index (χ1n) is 8.62. The summed E-state index contributed by atoms with van der Waals surface area (Å²) in [5.41, 5.74) is 1.89. The van der Waals surface area contributed by atoms with Gasteiger partial charge in [0.05, 0.1) is 18.8 Å². The van der Waals surface area contributed by atoms with Gasteiger partial charge in [-0.05, 0) is 49.8 Å². The first-order valence-corrected chi connectivity index (χ1v) is 8.62. The fourth-order valence-corrected chi connectivity index (χ4v) is 2.22.